The number of rotatable bonds is 6. The Morgan fingerprint density at radius 3 is 2.37 bits per heavy atom. The Morgan fingerprint density at radius 2 is 1.67 bits per heavy atom. The second kappa shape index (κ2) is 8.81. The summed E-state index contributed by atoms with van der Waals surface area (Å²) < 4.78 is 5.51. The Morgan fingerprint density at radius 1 is 0.963 bits per heavy atom. The fourth-order valence-corrected chi connectivity index (χ4v) is 2.70. The van der Waals surface area contributed by atoms with Crippen LogP contribution in [0.1, 0.15) is 16.7 Å². The molecule has 0 fully saturated rings. The van der Waals surface area contributed by atoms with Crippen LogP contribution in [0.3, 0.4) is 0 Å². The van der Waals surface area contributed by atoms with Crippen LogP contribution in [0.2, 0.25) is 0 Å². The largest absolute Gasteiger partial charge is 0.484 e. The van der Waals surface area contributed by atoms with E-state index in [1.165, 1.54) is 5.56 Å². The molecule has 136 valence electrons. The second-order valence-corrected chi connectivity index (χ2v) is 6.33. The standard InChI is InChI=1S/C23H22N2O2/c1-17-8-9-21(18(2)14-17)15-24-25-23(26)16-27-22-12-10-20(11-13-22)19-6-4-3-5-7-19/h3-15H,16H2,1-2H3,(H,25,26)/b24-15+. The maximum Gasteiger partial charge on any atom is 0.277 e. The number of amides is 1. The topological polar surface area (TPSA) is 50.7 Å². The Hall–Kier alpha value is -3.40. The molecule has 1 amide bonds. The lowest BCUT2D eigenvalue weighted by molar-refractivity contribution is -0.123. The molecular formula is C23H22N2O2. The van der Waals surface area contributed by atoms with Crippen molar-refractivity contribution in [3.8, 4) is 16.9 Å². The first-order valence-corrected chi connectivity index (χ1v) is 8.79. The summed E-state index contributed by atoms with van der Waals surface area (Å²) in [6.07, 6.45) is 1.64. The molecule has 0 aliphatic heterocycles. The zero-order valence-corrected chi connectivity index (χ0v) is 15.5. The molecule has 0 unspecified atom stereocenters. The number of carbonyl (C=O) groups is 1. The monoisotopic (exact) mass is 358 g/mol. The van der Waals surface area contributed by atoms with Gasteiger partial charge in [0, 0.05) is 0 Å². The first kappa shape index (κ1) is 18.4. The lowest BCUT2D eigenvalue weighted by atomic mass is 10.1. The third-order valence-electron chi connectivity index (χ3n) is 4.15. The molecule has 3 aromatic carbocycles. The van der Waals surface area contributed by atoms with Crippen LogP contribution >= 0.6 is 0 Å². The molecule has 0 heterocycles. The van der Waals surface area contributed by atoms with Gasteiger partial charge in [-0.1, -0.05) is 66.2 Å². The lowest BCUT2D eigenvalue weighted by Gasteiger charge is -2.07. The predicted octanol–water partition coefficient (Wildman–Crippen LogP) is 4.50. The maximum absolute atomic E-state index is 11.9. The van der Waals surface area contributed by atoms with E-state index in [0.29, 0.717) is 5.75 Å². The van der Waals surface area contributed by atoms with Crippen molar-refractivity contribution in [2.75, 3.05) is 6.61 Å². The van der Waals surface area contributed by atoms with E-state index in [1.807, 2.05) is 68.4 Å². The highest BCUT2D eigenvalue weighted by molar-refractivity contribution is 5.84. The molecule has 0 spiro atoms. The van der Waals surface area contributed by atoms with E-state index >= 15 is 0 Å². The van der Waals surface area contributed by atoms with Gasteiger partial charge in [0.05, 0.1) is 6.21 Å². The molecule has 0 aliphatic rings. The van der Waals surface area contributed by atoms with Crippen LogP contribution in [0.5, 0.6) is 5.75 Å². The molecule has 0 radical (unpaired) electrons. The number of benzene rings is 3. The van der Waals surface area contributed by atoms with Crippen LogP contribution in [0, 0.1) is 13.8 Å². The Labute approximate surface area is 159 Å². The Balaban J connectivity index is 1.49. The minimum absolute atomic E-state index is 0.0884. The molecule has 3 rings (SSSR count). The first-order chi connectivity index (χ1) is 13.1. The fourth-order valence-electron chi connectivity index (χ4n) is 2.70. The number of hydrogen-bond donors (Lipinski definition) is 1. The third-order valence-corrected chi connectivity index (χ3v) is 4.15. The zero-order chi connectivity index (χ0) is 19.1. The average Bonchev–Trinajstić information content (AvgIpc) is 2.69. The number of nitrogens with zero attached hydrogens (tertiary/aromatic N) is 1. The summed E-state index contributed by atoms with van der Waals surface area (Å²) in [4.78, 5) is 11.9. The summed E-state index contributed by atoms with van der Waals surface area (Å²) in [5.74, 6) is 0.339. The third kappa shape index (κ3) is 5.28. The van der Waals surface area contributed by atoms with Gasteiger partial charge in [0.15, 0.2) is 6.61 Å². The van der Waals surface area contributed by atoms with Crippen LogP contribution < -0.4 is 10.2 Å². The summed E-state index contributed by atoms with van der Waals surface area (Å²) in [5.41, 5.74) is 8.01. The van der Waals surface area contributed by atoms with Crippen LogP contribution in [0.15, 0.2) is 77.9 Å². The molecule has 1 N–H and O–H groups in total. The molecule has 0 bridgehead atoms. The quantitative estimate of drug-likeness (QED) is 0.521. The van der Waals surface area contributed by atoms with Crippen molar-refractivity contribution in [1.82, 2.24) is 5.43 Å². The number of nitrogens with one attached hydrogen (secondary N) is 1. The molecule has 0 saturated carbocycles. The molecular weight excluding hydrogens is 336 g/mol. The summed E-state index contributed by atoms with van der Waals surface area (Å²) in [7, 11) is 0. The van der Waals surface area contributed by atoms with Crippen molar-refractivity contribution in [2.24, 2.45) is 5.10 Å². The van der Waals surface area contributed by atoms with Crippen molar-refractivity contribution in [3.05, 3.63) is 89.5 Å². The Kier molecular flexibility index (Phi) is 6.00. The number of ether oxygens (including phenoxy) is 1. The summed E-state index contributed by atoms with van der Waals surface area (Å²) in [5, 5.41) is 3.99. The minimum Gasteiger partial charge on any atom is -0.484 e. The molecule has 3 aromatic rings. The van der Waals surface area contributed by atoms with Gasteiger partial charge in [0.1, 0.15) is 5.75 Å². The van der Waals surface area contributed by atoms with Gasteiger partial charge in [0.25, 0.3) is 5.91 Å². The normalized spacial score (nSPS) is 10.7. The molecule has 0 aromatic heterocycles. The summed E-state index contributed by atoms with van der Waals surface area (Å²) >= 11 is 0. The fraction of sp³-hybridized carbons (Fsp3) is 0.130. The van der Waals surface area contributed by atoms with Crippen LogP contribution in [0.25, 0.3) is 11.1 Å². The van der Waals surface area contributed by atoms with Gasteiger partial charge < -0.3 is 4.74 Å². The highest BCUT2D eigenvalue weighted by Crippen LogP contribution is 2.21. The molecule has 0 aliphatic carbocycles. The van der Waals surface area contributed by atoms with E-state index in [9.17, 15) is 4.79 Å². The van der Waals surface area contributed by atoms with E-state index in [2.05, 4.69) is 28.7 Å². The number of carbonyl (C=O) groups excluding carboxylic acids is 1. The van der Waals surface area contributed by atoms with Gasteiger partial charge in [-0.05, 0) is 48.2 Å². The van der Waals surface area contributed by atoms with E-state index in [1.54, 1.807) is 6.21 Å². The Bertz CT molecular complexity index is 932. The van der Waals surface area contributed by atoms with Gasteiger partial charge in [-0.15, -0.1) is 0 Å². The smallest absolute Gasteiger partial charge is 0.277 e. The number of aryl methyl sites for hydroxylation is 2. The minimum atomic E-state index is -0.303. The predicted molar refractivity (Wildman–Crippen MR) is 109 cm³/mol. The van der Waals surface area contributed by atoms with Crippen molar-refractivity contribution < 1.29 is 9.53 Å². The van der Waals surface area contributed by atoms with E-state index in [4.69, 9.17) is 4.74 Å². The summed E-state index contributed by atoms with van der Waals surface area (Å²) in [6.45, 7) is 3.96. The maximum atomic E-state index is 11.9. The molecule has 0 saturated heterocycles. The highest BCUT2D eigenvalue weighted by Gasteiger charge is 2.03. The first-order valence-electron chi connectivity index (χ1n) is 8.79. The number of hydrogen-bond acceptors (Lipinski definition) is 3. The van der Waals surface area contributed by atoms with E-state index in [-0.39, 0.29) is 12.5 Å². The van der Waals surface area contributed by atoms with Crippen LogP contribution in [-0.2, 0) is 4.79 Å². The molecule has 4 nitrogen and oxygen atoms in total. The average molecular weight is 358 g/mol. The second-order valence-electron chi connectivity index (χ2n) is 6.33. The van der Waals surface area contributed by atoms with Crippen molar-refractivity contribution >= 4 is 12.1 Å². The number of hydrazone groups is 1. The van der Waals surface area contributed by atoms with Crippen LogP contribution in [-0.4, -0.2) is 18.7 Å². The molecule has 0 atom stereocenters. The van der Waals surface area contributed by atoms with Gasteiger partial charge in [-0.25, -0.2) is 5.43 Å². The van der Waals surface area contributed by atoms with Crippen molar-refractivity contribution in [3.63, 3.8) is 0 Å². The lowest BCUT2D eigenvalue weighted by Crippen LogP contribution is -2.24. The van der Waals surface area contributed by atoms with Crippen molar-refractivity contribution in [2.45, 2.75) is 13.8 Å². The molecule has 27 heavy (non-hydrogen) atoms. The van der Waals surface area contributed by atoms with Crippen molar-refractivity contribution in [1.29, 1.82) is 0 Å². The van der Waals surface area contributed by atoms with Crippen LogP contribution in [0.4, 0.5) is 0 Å². The van der Waals surface area contributed by atoms with Gasteiger partial charge in [-0.3, -0.25) is 4.79 Å². The van der Waals surface area contributed by atoms with Gasteiger partial charge >= 0.3 is 0 Å². The zero-order valence-electron chi connectivity index (χ0n) is 15.5. The van der Waals surface area contributed by atoms with Gasteiger partial charge in [0.2, 0.25) is 0 Å². The SMILES string of the molecule is Cc1ccc(/C=N/NC(=O)COc2ccc(-c3ccccc3)cc2)c(C)c1. The van der Waals surface area contributed by atoms with E-state index < -0.39 is 0 Å². The molecule has 4 heteroatoms. The highest BCUT2D eigenvalue weighted by atomic mass is 16.5. The summed E-state index contributed by atoms with van der Waals surface area (Å²) in [6, 6.07) is 23.8. The van der Waals surface area contributed by atoms with E-state index in [0.717, 1.165) is 22.3 Å². The van der Waals surface area contributed by atoms with Gasteiger partial charge in [-0.2, -0.15) is 5.10 Å².